The van der Waals surface area contributed by atoms with Gasteiger partial charge in [0.1, 0.15) is 0 Å². The highest BCUT2D eigenvalue weighted by Gasteiger charge is 2.24. The molecule has 2 atom stereocenters. The summed E-state index contributed by atoms with van der Waals surface area (Å²) in [7, 11) is 0. The third kappa shape index (κ3) is 24.6. The van der Waals surface area contributed by atoms with E-state index in [-0.39, 0.29) is 24.7 Å². The average Bonchev–Trinajstić information content (AvgIpc) is 2.84. The second-order valence-electron chi connectivity index (χ2n) is 11.3. The Labute approximate surface area is 224 Å². The lowest BCUT2D eigenvalue weighted by molar-refractivity contribution is -0.138. The topological polar surface area (TPSA) is 74.6 Å². The van der Waals surface area contributed by atoms with Crippen molar-refractivity contribution in [2.24, 2.45) is 11.8 Å². The first-order valence-corrected chi connectivity index (χ1v) is 15.9. The van der Waals surface area contributed by atoms with E-state index in [2.05, 4.69) is 13.8 Å². The van der Waals surface area contributed by atoms with Gasteiger partial charge in [-0.2, -0.15) is 0 Å². The minimum atomic E-state index is -0.758. The molecule has 0 aliphatic rings. The molecule has 0 spiro atoms. The monoisotopic (exact) mass is 510 g/mol. The summed E-state index contributed by atoms with van der Waals surface area (Å²) >= 11 is 0. The SMILES string of the molecule is CCCCCCCCCCCCC[C@@H](CC(=O)O)[C@@H](CCCCCCCCCCCC)CCC(=O)O. The van der Waals surface area contributed by atoms with Gasteiger partial charge in [-0.05, 0) is 24.7 Å². The van der Waals surface area contributed by atoms with E-state index in [0.717, 1.165) is 25.7 Å². The summed E-state index contributed by atoms with van der Waals surface area (Å²) in [6.07, 6.45) is 30.1. The zero-order valence-electron chi connectivity index (χ0n) is 24.3. The quantitative estimate of drug-likeness (QED) is 0.0981. The van der Waals surface area contributed by atoms with Crippen molar-refractivity contribution in [2.45, 2.75) is 181 Å². The predicted octanol–water partition coefficient (Wildman–Crippen LogP) is 10.6. The lowest BCUT2D eigenvalue weighted by Crippen LogP contribution is -2.20. The van der Waals surface area contributed by atoms with Crippen LogP contribution in [0.3, 0.4) is 0 Å². The number of carboxylic acids is 2. The van der Waals surface area contributed by atoms with Crippen molar-refractivity contribution < 1.29 is 19.8 Å². The highest BCUT2D eigenvalue weighted by Crippen LogP contribution is 2.31. The normalized spacial score (nSPS) is 13.1. The molecule has 4 nitrogen and oxygen atoms in total. The zero-order valence-corrected chi connectivity index (χ0v) is 24.3. The second kappa shape index (κ2) is 27.0. The van der Waals surface area contributed by atoms with Crippen molar-refractivity contribution in [2.75, 3.05) is 0 Å². The van der Waals surface area contributed by atoms with Crippen molar-refractivity contribution in [3.8, 4) is 0 Å². The van der Waals surface area contributed by atoms with Crippen molar-refractivity contribution in [1.29, 1.82) is 0 Å². The van der Waals surface area contributed by atoms with E-state index >= 15 is 0 Å². The van der Waals surface area contributed by atoms with E-state index in [1.54, 1.807) is 0 Å². The first-order chi connectivity index (χ1) is 17.5. The van der Waals surface area contributed by atoms with Crippen LogP contribution in [0.25, 0.3) is 0 Å². The highest BCUT2D eigenvalue weighted by atomic mass is 16.4. The van der Waals surface area contributed by atoms with Gasteiger partial charge in [-0.25, -0.2) is 0 Å². The third-order valence-corrected chi connectivity index (χ3v) is 7.94. The summed E-state index contributed by atoms with van der Waals surface area (Å²) in [6, 6.07) is 0. The van der Waals surface area contributed by atoms with Gasteiger partial charge in [0.2, 0.25) is 0 Å². The van der Waals surface area contributed by atoms with Crippen LogP contribution >= 0.6 is 0 Å². The van der Waals surface area contributed by atoms with Crippen molar-refractivity contribution in [1.82, 2.24) is 0 Å². The first kappa shape index (κ1) is 34.9. The van der Waals surface area contributed by atoms with Gasteiger partial charge in [0.05, 0.1) is 0 Å². The molecule has 0 unspecified atom stereocenters. The lowest BCUT2D eigenvalue weighted by Gasteiger charge is -2.26. The minimum Gasteiger partial charge on any atom is -0.481 e. The van der Waals surface area contributed by atoms with Gasteiger partial charge in [0, 0.05) is 12.8 Å². The van der Waals surface area contributed by atoms with Crippen LogP contribution in [0.4, 0.5) is 0 Å². The molecule has 0 rings (SSSR count). The zero-order chi connectivity index (χ0) is 26.7. The van der Waals surface area contributed by atoms with E-state index in [9.17, 15) is 19.8 Å². The largest absolute Gasteiger partial charge is 0.481 e. The predicted molar refractivity (Wildman–Crippen MR) is 154 cm³/mol. The second-order valence-corrected chi connectivity index (χ2v) is 11.3. The Bertz CT molecular complexity index is 491. The molecule has 0 amide bonds. The van der Waals surface area contributed by atoms with E-state index in [1.807, 2.05) is 0 Å². The average molecular weight is 511 g/mol. The fourth-order valence-electron chi connectivity index (χ4n) is 5.62. The summed E-state index contributed by atoms with van der Waals surface area (Å²) in [5.41, 5.74) is 0. The molecule has 4 heteroatoms. The molecule has 0 aliphatic heterocycles. The van der Waals surface area contributed by atoms with Crippen LogP contribution in [-0.4, -0.2) is 22.2 Å². The Morgan fingerprint density at radius 2 is 0.778 bits per heavy atom. The molecule has 0 aromatic carbocycles. The molecule has 2 N–H and O–H groups in total. The number of rotatable bonds is 29. The highest BCUT2D eigenvalue weighted by molar-refractivity contribution is 5.67. The maximum Gasteiger partial charge on any atom is 0.303 e. The minimum absolute atomic E-state index is 0.124. The van der Waals surface area contributed by atoms with Crippen LogP contribution in [0, 0.1) is 11.8 Å². The molecule has 0 saturated carbocycles. The standard InChI is InChI=1S/C32H62O4/c1-3-5-7-9-11-13-15-17-19-21-23-25-30(28-32(35)36)29(26-27-31(33)34)24-22-20-18-16-14-12-10-8-6-4-2/h29-30H,3-28H2,1-2H3,(H,33,34)(H,35,36)/t29-,30-/m0/s1. The maximum atomic E-state index is 11.6. The third-order valence-electron chi connectivity index (χ3n) is 7.94. The molecule has 0 saturated heterocycles. The van der Waals surface area contributed by atoms with Gasteiger partial charge in [0.15, 0.2) is 0 Å². The lowest BCUT2D eigenvalue weighted by atomic mass is 9.79. The first-order valence-electron chi connectivity index (χ1n) is 15.9. The molecule has 0 radical (unpaired) electrons. The van der Waals surface area contributed by atoms with Crippen LogP contribution in [-0.2, 0) is 9.59 Å². The maximum absolute atomic E-state index is 11.6. The number of hydrogen-bond donors (Lipinski definition) is 2. The number of aliphatic carboxylic acids is 2. The Kier molecular flexibility index (Phi) is 26.2. The molecule has 36 heavy (non-hydrogen) atoms. The fraction of sp³-hybridized carbons (Fsp3) is 0.938. The van der Waals surface area contributed by atoms with E-state index in [4.69, 9.17) is 0 Å². The Hall–Kier alpha value is -1.06. The van der Waals surface area contributed by atoms with E-state index in [0.29, 0.717) is 6.42 Å². The van der Waals surface area contributed by atoms with Gasteiger partial charge in [-0.1, -0.05) is 155 Å². The number of carbonyl (C=O) groups is 2. The number of unbranched alkanes of at least 4 members (excludes halogenated alkanes) is 19. The Balaban J connectivity index is 4.25. The van der Waals surface area contributed by atoms with Crippen molar-refractivity contribution in [3.63, 3.8) is 0 Å². The Morgan fingerprint density at radius 1 is 0.444 bits per heavy atom. The van der Waals surface area contributed by atoms with Gasteiger partial charge in [-0.3, -0.25) is 9.59 Å². The van der Waals surface area contributed by atoms with E-state index < -0.39 is 11.9 Å². The van der Waals surface area contributed by atoms with Gasteiger partial charge in [-0.15, -0.1) is 0 Å². The van der Waals surface area contributed by atoms with Crippen LogP contribution in [0.15, 0.2) is 0 Å². The Morgan fingerprint density at radius 3 is 1.11 bits per heavy atom. The van der Waals surface area contributed by atoms with Gasteiger partial charge < -0.3 is 10.2 Å². The van der Waals surface area contributed by atoms with Crippen molar-refractivity contribution in [3.05, 3.63) is 0 Å². The summed E-state index contributed by atoms with van der Waals surface area (Å²) in [5.74, 6) is -1.13. The molecule has 0 aromatic rings. The molecule has 0 aromatic heterocycles. The van der Waals surface area contributed by atoms with Crippen LogP contribution in [0.5, 0.6) is 0 Å². The number of carboxylic acid groups (broad SMARTS) is 2. The molecule has 214 valence electrons. The molecule has 0 heterocycles. The molecule has 0 bridgehead atoms. The fourth-order valence-corrected chi connectivity index (χ4v) is 5.62. The van der Waals surface area contributed by atoms with E-state index in [1.165, 1.54) is 122 Å². The number of hydrogen-bond acceptors (Lipinski definition) is 2. The molecular formula is C32H62O4. The smallest absolute Gasteiger partial charge is 0.303 e. The molecular weight excluding hydrogens is 448 g/mol. The van der Waals surface area contributed by atoms with Crippen LogP contribution in [0.1, 0.15) is 181 Å². The van der Waals surface area contributed by atoms with Crippen LogP contribution < -0.4 is 0 Å². The van der Waals surface area contributed by atoms with Crippen molar-refractivity contribution >= 4 is 11.9 Å². The summed E-state index contributed by atoms with van der Waals surface area (Å²) in [6.45, 7) is 4.51. The summed E-state index contributed by atoms with van der Waals surface area (Å²) in [5, 5.41) is 18.8. The van der Waals surface area contributed by atoms with Crippen LogP contribution in [0.2, 0.25) is 0 Å². The molecule has 0 aliphatic carbocycles. The summed E-state index contributed by atoms with van der Waals surface area (Å²) < 4.78 is 0. The molecule has 0 fully saturated rings. The van der Waals surface area contributed by atoms with Gasteiger partial charge in [0.25, 0.3) is 0 Å². The summed E-state index contributed by atoms with van der Waals surface area (Å²) in [4.78, 5) is 22.8. The van der Waals surface area contributed by atoms with Gasteiger partial charge >= 0.3 is 11.9 Å².